The molecule has 0 unspecified atom stereocenters. The van der Waals surface area contributed by atoms with Crippen molar-refractivity contribution in [2.45, 2.75) is 77.6 Å². The lowest BCUT2D eigenvalue weighted by Crippen LogP contribution is -1.94. The molecule has 2 aromatic carbocycles. The van der Waals surface area contributed by atoms with Crippen LogP contribution >= 0.6 is 0 Å². The van der Waals surface area contributed by atoms with Crippen LogP contribution in [-0.4, -0.2) is 5.78 Å². The topological polar surface area (TPSA) is 17.1 Å². The second-order valence-corrected chi connectivity index (χ2v) is 8.52. The van der Waals surface area contributed by atoms with Gasteiger partial charge in [0.15, 0.2) is 5.78 Å². The summed E-state index contributed by atoms with van der Waals surface area (Å²) in [6.07, 6.45) is 18.6. The molecule has 0 aliphatic heterocycles. The van der Waals surface area contributed by atoms with Crippen molar-refractivity contribution in [2.75, 3.05) is 0 Å². The van der Waals surface area contributed by atoms with Gasteiger partial charge in [0.25, 0.3) is 0 Å². The molecule has 158 valence electrons. The molecular formula is C29H36O. The highest BCUT2D eigenvalue weighted by molar-refractivity contribution is 6.33. The summed E-state index contributed by atoms with van der Waals surface area (Å²) in [4.78, 5) is 12.5. The molecule has 1 aliphatic carbocycles. The Hall–Kier alpha value is -2.41. The number of hydrogen-bond acceptors (Lipinski definition) is 1. The van der Waals surface area contributed by atoms with Crippen LogP contribution in [0.3, 0.4) is 0 Å². The van der Waals surface area contributed by atoms with Crippen molar-refractivity contribution in [2.24, 2.45) is 0 Å². The fourth-order valence-electron chi connectivity index (χ4n) is 4.18. The molecule has 0 saturated carbocycles. The highest BCUT2D eigenvalue weighted by atomic mass is 16.1. The average Bonchev–Trinajstić information content (AvgIpc) is 3.18. The van der Waals surface area contributed by atoms with Crippen molar-refractivity contribution in [1.82, 2.24) is 0 Å². The Morgan fingerprint density at radius 1 is 0.600 bits per heavy atom. The van der Waals surface area contributed by atoms with Gasteiger partial charge in [0.05, 0.1) is 0 Å². The molecule has 0 atom stereocenters. The van der Waals surface area contributed by atoms with E-state index in [9.17, 15) is 4.79 Å². The Balaban J connectivity index is 1.39. The van der Waals surface area contributed by atoms with E-state index in [1.54, 1.807) is 6.08 Å². The van der Waals surface area contributed by atoms with Crippen LogP contribution in [0.2, 0.25) is 0 Å². The Bertz CT molecular complexity index is 840. The lowest BCUT2D eigenvalue weighted by Gasteiger charge is -2.05. The molecule has 0 heterocycles. The van der Waals surface area contributed by atoms with Gasteiger partial charge in [-0.25, -0.2) is 0 Å². The number of aryl methyl sites for hydroxylation is 1. The Labute approximate surface area is 182 Å². The molecule has 1 nitrogen and oxygen atoms in total. The number of benzene rings is 2. The third kappa shape index (κ3) is 6.83. The lowest BCUT2D eigenvalue weighted by atomic mass is 9.99. The van der Waals surface area contributed by atoms with Gasteiger partial charge in [0, 0.05) is 5.57 Å². The van der Waals surface area contributed by atoms with Gasteiger partial charge in [0.1, 0.15) is 0 Å². The van der Waals surface area contributed by atoms with Crippen LogP contribution in [0.15, 0.2) is 66.7 Å². The van der Waals surface area contributed by atoms with Gasteiger partial charge in [-0.2, -0.15) is 0 Å². The van der Waals surface area contributed by atoms with Crippen molar-refractivity contribution in [3.05, 3.63) is 83.4 Å². The van der Waals surface area contributed by atoms with E-state index >= 15 is 0 Å². The van der Waals surface area contributed by atoms with Crippen molar-refractivity contribution in [1.29, 1.82) is 0 Å². The summed E-state index contributed by atoms with van der Waals surface area (Å²) in [7, 11) is 0. The van der Waals surface area contributed by atoms with E-state index in [1.807, 2.05) is 36.4 Å². The number of hydrogen-bond donors (Lipinski definition) is 0. The summed E-state index contributed by atoms with van der Waals surface area (Å²) >= 11 is 0. The van der Waals surface area contributed by atoms with E-state index in [0.29, 0.717) is 0 Å². The zero-order valence-corrected chi connectivity index (χ0v) is 18.5. The fourth-order valence-corrected chi connectivity index (χ4v) is 4.18. The minimum Gasteiger partial charge on any atom is -0.289 e. The van der Waals surface area contributed by atoms with Crippen molar-refractivity contribution in [3.8, 4) is 0 Å². The van der Waals surface area contributed by atoms with E-state index in [2.05, 4.69) is 31.2 Å². The van der Waals surface area contributed by atoms with Gasteiger partial charge in [-0.15, -0.1) is 0 Å². The molecule has 30 heavy (non-hydrogen) atoms. The normalized spacial score (nSPS) is 13.4. The maximum atomic E-state index is 12.5. The second kappa shape index (κ2) is 12.3. The number of rotatable bonds is 13. The van der Waals surface area contributed by atoms with E-state index in [0.717, 1.165) is 28.7 Å². The van der Waals surface area contributed by atoms with Crippen LogP contribution in [0.4, 0.5) is 0 Å². The molecule has 0 fully saturated rings. The van der Waals surface area contributed by atoms with E-state index < -0.39 is 0 Å². The molecule has 0 bridgehead atoms. The summed E-state index contributed by atoms with van der Waals surface area (Å²) < 4.78 is 0. The van der Waals surface area contributed by atoms with Gasteiger partial charge < -0.3 is 0 Å². The molecule has 3 rings (SSSR count). The first-order valence-electron chi connectivity index (χ1n) is 11.9. The Kier molecular flexibility index (Phi) is 9.15. The van der Waals surface area contributed by atoms with Crippen LogP contribution in [0.25, 0.3) is 11.1 Å². The maximum absolute atomic E-state index is 12.5. The number of unbranched alkanes of at least 4 members (excludes halogenated alkanes) is 9. The SMILES string of the molecule is CCCCCCCCCCCCc1ccc(C2=CC(c3ccccc3)=CC2=O)cc1. The highest BCUT2D eigenvalue weighted by Gasteiger charge is 2.18. The molecule has 0 saturated heterocycles. The predicted molar refractivity (Wildman–Crippen MR) is 129 cm³/mol. The zero-order valence-electron chi connectivity index (χ0n) is 18.5. The summed E-state index contributed by atoms with van der Waals surface area (Å²) in [6, 6.07) is 18.7. The smallest absolute Gasteiger partial charge is 0.187 e. The molecular weight excluding hydrogens is 364 g/mol. The summed E-state index contributed by atoms with van der Waals surface area (Å²) in [5, 5.41) is 0. The van der Waals surface area contributed by atoms with Gasteiger partial charge in [0.2, 0.25) is 0 Å². The van der Waals surface area contributed by atoms with Crippen LogP contribution in [-0.2, 0) is 11.2 Å². The predicted octanol–water partition coefficient (Wildman–Crippen LogP) is 8.20. The average molecular weight is 401 g/mol. The maximum Gasteiger partial charge on any atom is 0.187 e. The van der Waals surface area contributed by atoms with Crippen LogP contribution in [0, 0.1) is 0 Å². The largest absolute Gasteiger partial charge is 0.289 e. The number of carbonyl (C=O) groups is 1. The summed E-state index contributed by atoms with van der Waals surface area (Å²) in [5.74, 6) is 0.108. The highest BCUT2D eigenvalue weighted by Crippen LogP contribution is 2.30. The van der Waals surface area contributed by atoms with Gasteiger partial charge in [-0.1, -0.05) is 119 Å². The first-order chi connectivity index (χ1) is 14.8. The third-order valence-electron chi connectivity index (χ3n) is 6.04. The summed E-state index contributed by atoms with van der Waals surface area (Å²) in [6.45, 7) is 2.28. The standard InChI is InChI=1S/C29H36O/c1-2-3-4-5-6-7-8-9-10-12-15-24-18-20-26(21-19-24)28-22-27(23-29(28)30)25-16-13-11-14-17-25/h11,13-14,16-23H,2-10,12,15H2,1H3. The fraction of sp³-hybridized carbons (Fsp3) is 0.414. The zero-order chi connectivity index (χ0) is 21.0. The number of allylic oxidation sites excluding steroid dienone is 4. The lowest BCUT2D eigenvalue weighted by molar-refractivity contribution is -0.109. The third-order valence-corrected chi connectivity index (χ3v) is 6.04. The Morgan fingerprint density at radius 2 is 1.20 bits per heavy atom. The van der Waals surface area contributed by atoms with E-state index in [1.165, 1.54) is 69.8 Å². The molecule has 1 aliphatic rings. The van der Waals surface area contributed by atoms with Crippen LogP contribution < -0.4 is 0 Å². The Morgan fingerprint density at radius 3 is 1.83 bits per heavy atom. The first kappa shape index (κ1) is 22.3. The molecule has 0 N–H and O–H groups in total. The van der Waals surface area contributed by atoms with E-state index in [-0.39, 0.29) is 5.78 Å². The van der Waals surface area contributed by atoms with E-state index in [4.69, 9.17) is 0 Å². The molecule has 0 amide bonds. The minimum atomic E-state index is 0.108. The van der Waals surface area contributed by atoms with Crippen molar-refractivity contribution >= 4 is 16.9 Å². The molecule has 2 aromatic rings. The van der Waals surface area contributed by atoms with Crippen molar-refractivity contribution < 1.29 is 4.79 Å². The molecule has 1 heteroatoms. The number of ketones is 1. The monoisotopic (exact) mass is 400 g/mol. The molecule has 0 radical (unpaired) electrons. The molecule has 0 aromatic heterocycles. The first-order valence-corrected chi connectivity index (χ1v) is 11.9. The second-order valence-electron chi connectivity index (χ2n) is 8.52. The molecule has 0 spiro atoms. The van der Waals surface area contributed by atoms with Gasteiger partial charge in [-0.3, -0.25) is 4.79 Å². The quantitative estimate of drug-likeness (QED) is 0.310. The van der Waals surface area contributed by atoms with Gasteiger partial charge >= 0.3 is 0 Å². The van der Waals surface area contributed by atoms with Crippen molar-refractivity contribution in [3.63, 3.8) is 0 Å². The minimum absolute atomic E-state index is 0.108. The van der Waals surface area contributed by atoms with Crippen LogP contribution in [0.5, 0.6) is 0 Å². The number of carbonyl (C=O) groups excluding carboxylic acids is 1. The van der Waals surface area contributed by atoms with Crippen LogP contribution in [0.1, 0.15) is 87.8 Å². The van der Waals surface area contributed by atoms with Gasteiger partial charge in [-0.05, 0) is 47.3 Å². The summed E-state index contributed by atoms with van der Waals surface area (Å²) in [5.41, 5.74) is 5.30.